The second-order valence-electron chi connectivity index (χ2n) is 17.5. The lowest BCUT2D eigenvalue weighted by molar-refractivity contribution is -0.197. The third-order valence-electron chi connectivity index (χ3n) is 11.3. The van der Waals surface area contributed by atoms with E-state index < -0.39 is 32.0 Å². The highest BCUT2D eigenvalue weighted by Crippen LogP contribution is 2.23. The highest BCUT2D eigenvalue weighted by atomic mass is 31.1. The Bertz CT molecular complexity index is 1220. The quantitative estimate of drug-likeness (QED) is 0.0254. The minimum atomic E-state index is -2.37. The van der Waals surface area contributed by atoms with Crippen LogP contribution < -0.4 is 5.32 Å². The molecule has 14 nitrogen and oxygen atoms in total. The van der Waals surface area contributed by atoms with Gasteiger partial charge in [0.1, 0.15) is 13.2 Å². The number of carbonyl (C=O) groups excluding carboxylic acids is 5. The maximum absolute atomic E-state index is 11.9. The van der Waals surface area contributed by atoms with Crippen LogP contribution in [0, 0.1) is 0 Å². The predicted molar refractivity (Wildman–Crippen MR) is 267 cm³/mol. The Balaban J connectivity index is 0. The van der Waals surface area contributed by atoms with Crippen molar-refractivity contribution in [3.8, 4) is 0 Å². The van der Waals surface area contributed by atoms with E-state index in [1.165, 1.54) is 161 Å². The van der Waals surface area contributed by atoms with Crippen LogP contribution in [0.2, 0.25) is 0 Å². The Labute approximate surface area is 408 Å². The fourth-order valence-electron chi connectivity index (χ4n) is 7.38. The van der Waals surface area contributed by atoms with Gasteiger partial charge in [-0.1, -0.05) is 207 Å². The van der Waals surface area contributed by atoms with E-state index in [0.29, 0.717) is 24.3 Å². The van der Waals surface area contributed by atoms with Crippen LogP contribution >= 0.6 is 8.25 Å². The van der Waals surface area contributed by atoms with Crippen LogP contribution in [0.5, 0.6) is 0 Å². The van der Waals surface area contributed by atoms with Crippen molar-refractivity contribution in [3.05, 3.63) is 0 Å². The molecule has 0 radical (unpaired) electrons. The molecular formula is C52H98N2O12P+. The molecule has 1 aliphatic heterocycles. The van der Waals surface area contributed by atoms with Crippen LogP contribution in [-0.2, 0) is 52.0 Å². The summed E-state index contributed by atoms with van der Waals surface area (Å²) in [5, 5.41) is 11.5. The lowest BCUT2D eigenvalue weighted by Crippen LogP contribution is -2.32. The van der Waals surface area contributed by atoms with Crippen LogP contribution in [0.25, 0.3) is 0 Å². The number of hydrogen-bond acceptors (Lipinski definition) is 11. The van der Waals surface area contributed by atoms with Gasteiger partial charge in [0.15, 0.2) is 0 Å². The van der Waals surface area contributed by atoms with E-state index in [9.17, 15) is 33.3 Å². The van der Waals surface area contributed by atoms with Crippen LogP contribution in [0.15, 0.2) is 0 Å². The summed E-state index contributed by atoms with van der Waals surface area (Å²) in [5.74, 6) is -3.11. The summed E-state index contributed by atoms with van der Waals surface area (Å²) in [4.78, 5) is 73.3. The molecule has 1 rings (SSSR count). The molecule has 1 atom stereocenters. The molecule has 2 N–H and O–H groups in total. The molecule has 392 valence electrons. The normalized spacial score (nSPS) is 12.2. The van der Waals surface area contributed by atoms with Crippen molar-refractivity contribution < 1.29 is 57.1 Å². The Morgan fingerprint density at radius 1 is 0.493 bits per heavy atom. The molecule has 1 fully saturated rings. The highest BCUT2D eigenvalue weighted by molar-refractivity contribution is 7.33. The molecule has 0 spiro atoms. The maximum Gasteiger partial charge on any atom is 0.697 e. The fourth-order valence-corrected chi connectivity index (χ4v) is 7.97. The lowest BCUT2D eigenvalue weighted by Gasteiger charge is -2.12. The SMILES string of the molecule is CC.CCCCCCCCCCCCCCCCCC(=O)O.CCCCCCCCCCCCCCCCCC(=O)OCCCO[P+](=O)OCCNC(=O)CCCC(=O)ON1C(=O)CCC1=O. The number of hydrogen-bond donors (Lipinski definition) is 2. The zero-order valence-electron chi connectivity index (χ0n) is 43.0. The number of carboxylic acids is 1. The standard InChI is InChI=1S/C32H55N2O10P.C18H36O2.C2H6/c1-2-3-4-5-6-7-8-9-10-11-12-13-14-15-16-20-31(38)41-25-18-26-42-45(40)43-27-24-33-28(35)19-17-21-32(39)44-34-29(36)22-23-30(34)37;1-2-3-4-5-6-7-8-9-10-11-12-13-14-15-16-17-18(19)20;1-2/h2-27H2,1H3;2-17H2,1H3,(H,19,20);1-2H3/p+1. The molecule has 0 saturated carbocycles. The molecule has 1 heterocycles. The van der Waals surface area contributed by atoms with Crippen LogP contribution in [0.3, 0.4) is 0 Å². The molecule has 0 aromatic rings. The molecule has 15 heteroatoms. The predicted octanol–water partition coefficient (Wildman–Crippen LogP) is 14.1. The van der Waals surface area contributed by atoms with Gasteiger partial charge in [-0.25, -0.2) is 4.79 Å². The molecule has 0 aromatic carbocycles. The number of amides is 3. The summed E-state index contributed by atoms with van der Waals surface area (Å²) >= 11 is 0. The number of carbonyl (C=O) groups is 6. The largest absolute Gasteiger partial charge is 0.697 e. The first-order chi connectivity index (χ1) is 32.6. The Morgan fingerprint density at radius 2 is 0.866 bits per heavy atom. The number of carboxylic acid groups (broad SMARTS) is 1. The molecule has 0 bridgehead atoms. The van der Waals surface area contributed by atoms with Gasteiger partial charge in [-0.2, -0.15) is 0 Å². The zero-order valence-corrected chi connectivity index (χ0v) is 43.9. The van der Waals surface area contributed by atoms with Crippen LogP contribution in [0.4, 0.5) is 0 Å². The second kappa shape index (κ2) is 52.4. The summed E-state index contributed by atoms with van der Waals surface area (Å²) in [6.07, 6.45) is 40.2. The molecule has 67 heavy (non-hydrogen) atoms. The van der Waals surface area contributed by atoms with Gasteiger partial charge in [0, 0.05) is 56.1 Å². The molecular weight excluding hydrogens is 876 g/mol. The number of imide groups is 1. The molecule has 0 aliphatic carbocycles. The Morgan fingerprint density at radius 3 is 1.28 bits per heavy atom. The summed E-state index contributed by atoms with van der Waals surface area (Å²) < 4.78 is 27.0. The maximum atomic E-state index is 11.9. The summed E-state index contributed by atoms with van der Waals surface area (Å²) in [7, 11) is -2.37. The van der Waals surface area contributed by atoms with E-state index in [2.05, 4.69) is 19.2 Å². The van der Waals surface area contributed by atoms with Crippen molar-refractivity contribution in [1.29, 1.82) is 0 Å². The van der Waals surface area contributed by atoms with Gasteiger partial charge in [-0.05, 0) is 19.3 Å². The molecule has 0 aromatic heterocycles. The number of esters is 1. The van der Waals surface area contributed by atoms with E-state index in [1.807, 2.05) is 13.8 Å². The molecule has 1 aliphatic rings. The van der Waals surface area contributed by atoms with Gasteiger partial charge < -0.3 is 20.0 Å². The van der Waals surface area contributed by atoms with E-state index in [0.717, 1.165) is 32.1 Å². The van der Waals surface area contributed by atoms with Crippen molar-refractivity contribution in [1.82, 2.24) is 10.4 Å². The Kier molecular flexibility index (Phi) is 51.7. The van der Waals surface area contributed by atoms with E-state index in [4.69, 9.17) is 23.7 Å². The number of unbranched alkanes of at least 4 members (excludes halogenated alkanes) is 28. The summed E-state index contributed by atoms with van der Waals surface area (Å²) in [6, 6.07) is 0. The first kappa shape index (κ1) is 66.1. The number of nitrogens with zero attached hydrogens (tertiary/aromatic N) is 1. The minimum absolute atomic E-state index is 0.0161. The second-order valence-corrected chi connectivity index (χ2v) is 18.5. The average molecular weight is 974 g/mol. The topological polar surface area (TPSA) is 192 Å². The number of rotatable bonds is 46. The van der Waals surface area contributed by atoms with Gasteiger partial charge in [0.05, 0.1) is 6.61 Å². The Hall–Kier alpha value is -2.96. The monoisotopic (exact) mass is 974 g/mol. The van der Waals surface area contributed by atoms with Crippen LogP contribution in [0.1, 0.15) is 272 Å². The lowest BCUT2D eigenvalue weighted by atomic mass is 10.0. The number of ether oxygens (including phenoxy) is 1. The molecule has 3 amide bonds. The van der Waals surface area contributed by atoms with Gasteiger partial charge in [0.25, 0.3) is 11.8 Å². The number of aliphatic carboxylic acids is 1. The van der Waals surface area contributed by atoms with Crippen molar-refractivity contribution in [2.75, 3.05) is 26.4 Å². The van der Waals surface area contributed by atoms with Crippen molar-refractivity contribution in [3.63, 3.8) is 0 Å². The third-order valence-corrected chi connectivity index (χ3v) is 12.1. The zero-order chi connectivity index (χ0) is 49.9. The van der Waals surface area contributed by atoms with Gasteiger partial charge >= 0.3 is 26.2 Å². The van der Waals surface area contributed by atoms with Crippen molar-refractivity contribution >= 4 is 43.9 Å². The summed E-state index contributed by atoms with van der Waals surface area (Å²) in [5.41, 5.74) is 0. The minimum Gasteiger partial charge on any atom is -0.481 e. The van der Waals surface area contributed by atoms with Gasteiger partial charge in [-0.15, -0.1) is 14.1 Å². The molecule has 1 unspecified atom stereocenters. The first-order valence-corrected chi connectivity index (χ1v) is 28.1. The van der Waals surface area contributed by atoms with E-state index in [-0.39, 0.29) is 70.3 Å². The summed E-state index contributed by atoms with van der Waals surface area (Å²) in [6.45, 7) is 8.89. The molecule has 1 saturated heterocycles. The highest BCUT2D eigenvalue weighted by Gasteiger charge is 2.32. The number of hydroxylamine groups is 2. The van der Waals surface area contributed by atoms with Crippen molar-refractivity contribution in [2.45, 2.75) is 272 Å². The average Bonchev–Trinajstić information content (AvgIpc) is 3.63. The first-order valence-electron chi connectivity index (χ1n) is 27.0. The smallest absolute Gasteiger partial charge is 0.481 e. The van der Waals surface area contributed by atoms with Gasteiger partial charge in [0.2, 0.25) is 5.91 Å². The van der Waals surface area contributed by atoms with Crippen LogP contribution in [-0.4, -0.2) is 72.2 Å². The van der Waals surface area contributed by atoms with Gasteiger partial charge in [-0.3, -0.25) is 24.0 Å². The third kappa shape index (κ3) is 49.3. The van der Waals surface area contributed by atoms with E-state index in [1.54, 1.807) is 0 Å². The van der Waals surface area contributed by atoms with E-state index >= 15 is 0 Å². The van der Waals surface area contributed by atoms with Crippen molar-refractivity contribution in [2.24, 2.45) is 0 Å². The fraction of sp³-hybridized carbons (Fsp3) is 0.885. The number of nitrogens with one attached hydrogen (secondary N) is 1.